The van der Waals surface area contributed by atoms with Crippen molar-refractivity contribution < 1.29 is 0 Å². The van der Waals surface area contributed by atoms with Crippen molar-refractivity contribution in [3.63, 3.8) is 0 Å². The van der Waals surface area contributed by atoms with E-state index in [1.807, 2.05) is 0 Å². The van der Waals surface area contributed by atoms with Crippen LogP contribution in [0.15, 0.2) is 140 Å². The van der Waals surface area contributed by atoms with E-state index in [1.165, 1.54) is 5.39 Å². The molecule has 0 amide bonds. The Labute approximate surface area is 225 Å². The van der Waals surface area contributed by atoms with Gasteiger partial charge in [-0.15, -0.1) is 15.0 Å². The Morgan fingerprint density at radius 1 is 0.385 bits per heavy atom. The number of nitrogens with zero attached hydrogens (tertiary/aromatic N) is 5. The number of benzene rings is 6. The molecule has 0 saturated heterocycles. The van der Waals surface area contributed by atoms with Crippen LogP contribution in [0.4, 0.5) is 34.1 Å². The zero-order chi connectivity index (χ0) is 25.8. The fourth-order valence-corrected chi connectivity index (χ4v) is 5.61. The molecule has 0 N–H and O–H groups in total. The first-order valence-corrected chi connectivity index (χ1v) is 13.0. The van der Waals surface area contributed by atoms with Crippen molar-refractivity contribution in [1.29, 1.82) is 0 Å². The fourth-order valence-electron chi connectivity index (χ4n) is 5.61. The van der Waals surface area contributed by atoms with Gasteiger partial charge in [-0.1, -0.05) is 78.9 Å². The maximum atomic E-state index is 4.93. The molecule has 5 nitrogen and oxygen atoms in total. The molecule has 0 fully saturated rings. The van der Waals surface area contributed by atoms with Crippen LogP contribution < -0.4 is 9.80 Å². The molecule has 0 saturated carbocycles. The van der Waals surface area contributed by atoms with E-state index in [4.69, 9.17) is 10.2 Å². The minimum absolute atomic E-state index is 0.848. The lowest BCUT2D eigenvalue weighted by Crippen LogP contribution is -2.23. The summed E-state index contributed by atoms with van der Waals surface area (Å²) in [6.07, 6.45) is 0. The minimum Gasteiger partial charge on any atom is -0.306 e. The topological polar surface area (TPSA) is 37.2 Å². The monoisotopic (exact) mass is 501 g/mol. The predicted octanol–water partition coefficient (Wildman–Crippen LogP) is 8.83. The normalized spacial score (nSPS) is 12.5. The Morgan fingerprint density at radius 2 is 0.923 bits per heavy atom. The molecule has 0 radical (unpaired) electrons. The van der Waals surface area contributed by atoms with Gasteiger partial charge in [-0.2, -0.15) is 0 Å². The average molecular weight is 502 g/mol. The summed E-state index contributed by atoms with van der Waals surface area (Å²) in [6, 6.07) is 48.5. The second-order valence-electron chi connectivity index (χ2n) is 9.64. The van der Waals surface area contributed by atoms with Crippen LogP contribution in [0.2, 0.25) is 0 Å². The van der Waals surface area contributed by atoms with Crippen molar-refractivity contribution in [1.82, 2.24) is 15.0 Å². The first kappa shape index (κ1) is 21.6. The highest BCUT2D eigenvalue weighted by Gasteiger charge is 2.30. The summed E-state index contributed by atoms with van der Waals surface area (Å²) >= 11 is 0. The number of rotatable bonds is 3. The molecule has 5 heteroatoms. The highest BCUT2D eigenvalue weighted by molar-refractivity contribution is 6.02. The average Bonchev–Trinajstić information content (AvgIpc) is 3.43. The molecular formula is C34H23N5. The van der Waals surface area contributed by atoms with E-state index in [0.717, 1.165) is 56.2 Å². The van der Waals surface area contributed by atoms with Crippen LogP contribution in [-0.4, -0.2) is 15.0 Å². The summed E-state index contributed by atoms with van der Waals surface area (Å²) in [5, 5.41) is 12.1. The summed E-state index contributed by atoms with van der Waals surface area (Å²) in [5.74, 6) is 0. The van der Waals surface area contributed by atoms with E-state index in [1.54, 1.807) is 4.80 Å². The molecule has 7 aromatic rings. The van der Waals surface area contributed by atoms with Crippen LogP contribution in [0.3, 0.4) is 0 Å². The zero-order valence-corrected chi connectivity index (χ0v) is 21.0. The number of aromatic nitrogens is 3. The van der Waals surface area contributed by atoms with E-state index in [-0.39, 0.29) is 0 Å². The van der Waals surface area contributed by atoms with Gasteiger partial charge >= 0.3 is 0 Å². The summed E-state index contributed by atoms with van der Waals surface area (Å²) in [4.78, 5) is 6.41. The Bertz CT molecular complexity index is 1940. The van der Waals surface area contributed by atoms with E-state index in [0.29, 0.717) is 0 Å². The smallest absolute Gasteiger partial charge is 0.115 e. The highest BCUT2D eigenvalue weighted by Crippen LogP contribution is 2.53. The van der Waals surface area contributed by atoms with Crippen molar-refractivity contribution in [3.05, 3.63) is 140 Å². The maximum absolute atomic E-state index is 4.93. The van der Waals surface area contributed by atoms with Crippen LogP contribution in [0.5, 0.6) is 0 Å². The van der Waals surface area contributed by atoms with Gasteiger partial charge in [0.15, 0.2) is 0 Å². The molecule has 0 atom stereocenters. The lowest BCUT2D eigenvalue weighted by atomic mass is 10.0. The standard InChI is InChI=1S/C34H23N5/c1-2-13-25(14-3-1)37-31-16-6-8-18-33(31)38(34-19-9-7-17-32(34)37)26-21-22-28-29(23-26)36-39(35-28)30-20-10-12-24-11-4-5-15-27(24)30/h1-23H. The number of anilines is 6. The SMILES string of the molecule is c1ccc(N2c3ccccc3N(c3ccc4nn(-c5cccc6ccccc56)nc4c3)c3ccccc32)cc1. The zero-order valence-electron chi connectivity index (χ0n) is 21.0. The van der Waals surface area contributed by atoms with Crippen LogP contribution >= 0.6 is 0 Å². The van der Waals surface area contributed by atoms with E-state index < -0.39 is 0 Å². The molecule has 0 aliphatic carbocycles. The molecular weight excluding hydrogens is 478 g/mol. The molecule has 6 aromatic carbocycles. The third-order valence-corrected chi connectivity index (χ3v) is 7.35. The molecule has 184 valence electrons. The van der Waals surface area contributed by atoms with Gasteiger partial charge < -0.3 is 9.80 Å². The number of hydrogen-bond donors (Lipinski definition) is 0. The Balaban J connectivity index is 1.29. The van der Waals surface area contributed by atoms with Crippen LogP contribution in [-0.2, 0) is 0 Å². The Hall–Kier alpha value is -5.42. The summed E-state index contributed by atoms with van der Waals surface area (Å²) < 4.78 is 0. The first-order valence-electron chi connectivity index (χ1n) is 13.0. The van der Waals surface area contributed by atoms with Gasteiger partial charge in [-0.05, 0) is 66.0 Å². The van der Waals surface area contributed by atoms with Gasteiger partial charge in [0.2, 0.25) is 0 Å². The van der Waals surface area contributed by atoms with Crippen molar-refractivity contribution in [2.75, 3.05) is 9.80 Å². The molecule has 8 rings (SSSR count). The lowest BCUT2D eigenvalue weighted by Gasteiger charge is -2.40. The molecule has 0 unspecified atom stereocenters. The minimum atomic E-state index is 0.848. The Kier molecular flexibility index (Phi) is 4.76. The number of fused-ring (bicyclic) bond motifs is 4. The first-order chi connectivity index (χ1) is 19.3. The summed E-state index contributed by atoms with van der Waals surface area (Å²) in [7, 11) is 0. The maximum Gasteiger partial charge on any atom is 0.115 e. The fraction of sp³-hybridized carbons (Fsp3) is 0. The van der Waals surface area contributed by atoms with Crippen LogP contribution in [0.25, 0.3) is 27.5 Å². The van der Waals surface area contributed by atoms with Crippen molar-refractivity contribution >= 4 is 55.9 Å². The van der Waals surface area contributed by atoms with Crippen molar-refractivity contribution in [2.24, 2.45) is 0 Å². The van der Waals surface area contributed by atoms with E-state index in [2.05, 4.69) is 149 Å². The molecule has 1 aromatic heterocycles. The molecule has 39 heavy (non-hydrogen) atoms. The largest absolute Gasteiger partial charge is 0.306 e. The van der Waals surface area contributed by atoms with Gasteiger partial charge in [0.1, 0.15) is 11.0 Å². The third-order valence-electron chi connectivity index (χ3n) is 7.35. The molecule has 1 aliphatic rings. The second-order valence-corrected chi connectivity index (χ2v) is 9.64. The van der Waals surface area contributed by atoms with Crippen molar-refractivity contribution in [2.45, 2.75) is 0 Å². The quantitative estimate of drug-likeness (QED) is 0.242. The summed E-state index contributed by atoms with van der Waals surface area (Å²) in [6.45, 7) is 0. The second kappa shape index (κ2) is 8.57. The van der Waals surface area contributed by atoms with E-state index in [9.17, 15) is 0 Å². The highest BCUT2D eigenvalue weighted by atomic mass is 15.5. The van der Waals surface area contributed by atoms with E-state index >= 15 is 0 Å². The predicted molar refractivity (Wildman–Crippen MR) is 159 cm³/mol. The molecule has 0 bridgehead atoms. The van der Waals surface area contributed by atoms with Gasteiger partial charge in [-0.25, -0.2) is 0 Å². The van der Waals surface area contributed by atoms with Gasteiger partial charge in [0, 0.05) is 16.8 Å². The molecule has 2 heterocycles. The number of hydrogen-bond acceptors (Lipinski definition) is 4. The third kappa shape index (κ3) is 3.41. The van der Waals surface area contributed by atoms with Crippen LogP contribution in [0.1, 0.15) is 0 Å². The lowest BCUT2D eigenvalue weighted by molar-refractivity contribution is 0.771. The van der Waals surface area contributed by atoms with Gasteiger partial charge in [0.05, 0.1) is 28.4 Å². The van der Waals surface area contributed by atoms with Gasteiger partial charge in [0.25, 0.3) is 0 Å². The van der Waals surface area contributed by atoms with Crippen molar-refractivity contribution in [3.8, 4) is 5.69 Å². The molecule has 1 aliphatic heterocycles. The summed E-state index contributed by atoms with van der Waals surface area (Å²) in [5.41, 5.74) is 9.33. The molecule has 0 spiro atoms. The van der Waals surface area contributed by atoms with Crippen LogP contribution in [0, 0.1) is 0 Å². The Morgan fingerprint density at radius 3 is 1.64 bits per heavy atom. The van der Waals surface area contributed by atoms with Gasteiger partial charge in [-0.3, -0.25) is 0 Å². The number of para-hydroxylation sites is 5.